The summed E-state index contributed by atoms with van der Waals surface area (Å²) in [5.74, 6) is 0.193. The number of carbonyl (C=O) groups excluding carboxylic acids is 3. The Morgan fingerprint density at radius 2 is 0.933 bits per heavy atom. The summed E-state index contributed by atoms with van der Waals surface area (Å²) in [6.07, 6.45) is 4.38. The van der Waals surface area contributed by atoms with Crippen LogP contribution in [0.2, 0.25) is 0 Å². The van der Waals surface area contributed by atoms with E-state index in [0.29, 0.717) is 50.6 Å². The summed E-state index contributed by atoms with van der Waals surface area (Å²) in [6.45, 7) is 15.9. The maximum Gasteiger partial charge on any atom is 0.410 e. The summed E-state index contributed by atoms with van der Waals surface area (Å²) in [5, 5.41) is 11.0. The third kappa shape index (κ3) is 20.2. The van der Waals surface area contributed by atoms with Gasteiger partial charge in [-0.1, -0.05) is 182 Å². The Hall–Kier alpha value is -6.63. The largest absolute Gasteiger partial charge is 0.444 e. The first-order valence-corrected chi connectivity index (χ1v) is 26.8. The highest BCUT2D eigenvalue weighted by Crippen LogP contribution is 2.33. The zero-order valence-electron chi connectivity index (χ0n) is 45.2. The number of nitrogens with zero attached hydrogens (tertiary/aromatic N) is 2. The molecule has 6 aromatic carbocycles. The molecular weight excluding hydrogens is 933 g/mol. The van der Waals surface area contributed by atoms with Gasteiger partial charge >= 0.3 is 12.2 Å². The molecule has 11 nitrogen and oxygen atoms in total. The van der Waals surface area contributed by atoms with Crippen molar-refractivity contribution in [2.75, 3.05) is 19.6 Å². The zero-order chi connectivity index (χ0) is 53.5. The summed E-state index contributed by atoms with van der Waals surface area (Å²) in [4.78, 5) is 40.3. The lowest BCUT2D eigenvalue weighted by atomic mass is 9.92. The van der Waals surface area contributed by atoms with Crippen LogP contribution in [0.1, 0.15) is 132 Å². The Balaban J connectivity index is 0.000000172. The normalized spacial score (nSPS) is 19.6. The quantitative estimate of drug-likeness (QED) is 0.106. The third-order valence-corrected chi connectivity index (χ3v) is 13.2. The van der Waals surface area contributed by atoms with Gasteiger partial charge in [-0.15, -0.1) is 0 Å². The number of rotatable bonds is 10. The molecule has 75 heavy (non-hydrogen) atoms. The first-order chi connectivity index (χ1) is 36.1. The van der Waals surface area contributed by atoms with Crippen molar-refractivity contribution in [2.24, 2.45) is 5.73 Å². The first-order valence-electron chi connectivity index (χ1n) is 26.8. The van der Waals surface area contributed by atoms with E-state index in [4.69, 9.17) is 15.2 Å². The number of nitrogens with one attached hydrogen (secondary N) is 3. The summed E-state index contributed by atoms with van der Waals surface area (Å²) in [6, 6.07) is 63.0. The lowest BCUT2D eigenvalue weighted by Gasteiger charge is -2.40. The van der Waals surface area contributed by atoms with Crippen molar-refractivity contribution in [3.8, 4) is 0 Å². The summed E-state index contributed by atoms with van der Waals surface area (Å²) >= 11 is 0. The van der Waals surface area contributed by atoms with Gasteiger partial charge in [0.1, 0.15) is 17.0 Å². The van der Waals surface area contributed by atoms with Crippen molar-refractivity contribution >= 4 is 18.0 Å². The second kappa shape index (κ2) is 29.5. The van der Waals surface area contributed by atoms with E-state index >= 15 is 0 Å². The molecule has 5 atom stereocenters. The molecule has 0 aromatic heterocycles. The van der Waals surface area contributed by atoms with E-state index in [0.717, 1.165) is 50.0 Å². The molecule has 3 heterocycles. The summed E-state index contributed by atoms with van der Waals surface area (Å²) < 4.78 is 11.1. The van der Waals surface area contributed by atoms with Gasteiger partial charge in [0.05, 0.1) is 12.1 Å². The van der Waals surface area contributed by atoms with E-state index in [1.165, 1.54) is 28.7 Å². The maximum absolute atomic E-state index is 12.8. The molecule has 3 saturated heterocycles. The predicted molar refractivity (Wildman–Crippen MR) is 303 cm³/mol. The lowest BCUT2D eigenvalue weighted by Crippen LogP contribution is -2.48. The van der Waals surface area contributed by atoms with Gasteiger partial charge in [0.2, 0.25) is 0 Å². The van der Waals surface area contributed by atoms with Crippen LogP contribution in [0.25, 0.3) is 0 Å². The van der Waals surface area contributed by atoms with Crippen LogP contribution in [0.3, 0.4) is 0 Å². The number of carbonyl (C=O) groups is 3. The highest BCUT2D eigenvalue weighted by molar-refractivity contribution is 5.82. The molecule has 1 unspecified atom stereocenters. The van der Waals surface area contributed by atoms with E-state index in [9.17, 15) is 14.4 Å². The maximum atomic E-state index is 12.8. The summed E-state index contributed by atoms with van der Waals surface area (Å²) in [7, 11) is 0. The Bertz CT molecular complexity index is 2560. The van der Waals surface area contributed by atoms with Crippen LogP contribution in [0.5, 0.6) is 0 Å². The van der Waals surface area contributed by atoms with Crippen LogP contribution in [0.15, 0.2) is 182 Å². The van der Waals surface area contributed by atoms with Crippen LogP contribution >= 0.6 is 0 Å². The molecule has 6 aromatic rings. The highest BCUT2D eigenvalue weighted by Gasteiger charge is 2.36. The van der Waals surface area contributed by atoms with E-state index < -0.39 is 11.2 Å². The molecule has 0 saturated carbocycles. The molecule has 0 bridgehead atoms. The number of amides is 2. The molecule has 0 radical (unpaired) electrons. The van der Waals surface area contributed by atoms with Gasteiger partial charge in [-0.2, -0.15) is 0 Å². The van der Waals surface area contributed by atoms with E-state index in [-0.39, 0.29) is 30.1 Å². The third-order valence-electron chi connectivity index (χ3n) is 13.2. The second-order valence-corrected chi connectivity index (χ2v) is 21.5. The van der Waals surface area contributed by atoms with Gasteiger partial charge in [-0.25, -0.2) is 9.59 Å². The Morgan fingerprint density at radius 1 is 0.533 bits per heavy atom. The topological polar surface area (TPSA) is 138 Å². The van der Waals surface area contributed by atoms with Crippen molar-refractivity contribution < 1.29 is 23.9 Å². The zero-order valence-corrected chi connectivity index (χ0v) is 45.2. The standard InChI is InChI=1S/C23H30N2O2.C18H22N2.C16H21NO3.C7H9N/c1-23(2,3)27-22(26)25-15-14-20(24-17-18-10-6-4-7-11-18)16-21(25)19-12-8-5-9-13-19;1-3-7-15(8-4-1)14-20-17-11-12-19-18(13-17)16-9-5-2-6-10-16;1-16(2,3)20-15(19)17-10-9-13(18)11-14(17)12-7-5-4-6-8-12;8-6-7-4-2-1-3-5-7/h4-13,20-21,24H,14-17H2,1-3H3;1-10,17-20H,11-14H2;4-8,14H,9-11H2,1-3H3;1-5H,6,8H2/t20-,21+;17-,18+;;/m00../s1. The predicted octanol–water partition coefficient (Wildman–Crippen LogP) is 12.7. The van der Waals surface area contributed by atoms with Crippen LogP contribution in [0.4, 0.5) is 9.59 Å². The molecule has 11 heteroatoms. The monoisotopic (exact) mass is 1010 g/mol. The number of piperidine rings is 3. The van der Waals surface area contributed by atoms with Crippen molar-refractivity contribution in [3.05, 3.63) is 215 Å². The number of ketones is 1. The van der Waals surface area contributed by atoms with Gasteiger partial charge in [-0.05, 0) is 107 Å². The molecule has 3 aliphatic heterocycles. The summed E-state index contributed by atoms with van der Waals surface area (Å²) in [5.41, 5.74) is 11.7. The fourth-order valence-electron chi connectivity index (χ4n) is 9.39. The van der Waals surface area contributed by atoms with Gasteiger partial charge in [-0.3, -0.25) is 4.79 Å². The van der Waals surface area contributed by atoms with Crippen molar-refractivity contribution in [2.45, 2.75) is 141 Å². The van der Waals surface area contributed by atoms with Crippen molar-refractivity contribution in [1.82, 2.24) is 25.8 Å². The van der Waals surface area contributed by atoms with Gasteiger partial charge in [0, 0.05) is 63.7 Å². The molecule has 0 aliphatic carbocycles. The number of nitrogens with two attached hydrogens (primary N) is 1. The Labute approximate surface area is 447 Å². The molecule has 0 spiro atoms. The molecule has 3 aliphatic rings. The SMILES string of the molecule is CC(C)(C)OC(=O)N1CCC(=O)CC1c1ccccc1.CC(C)(C)OC(=O)N1CC[C@H](NCc2ccccc2)C[C@@H]1c1ccccc1.NCc1ccccc1.c1ccc(CN[C@H]2CCN[C@@H](c3ccccc3)C2)cc1. The number of hydrogen-bond acceptors (Lipinski definition) is 9. The molecule has 3 fully saturated rings. The molecule has 5 N–H and O–H groups in total. The first kappa shape index (κ1) is 57.6. The number of Topliss-reactive ketones (excluding diaryl/α,β-unsaturated/α-hetero) is 1. The Kier molecular flexibility index (Phi) is 22.6. The van der Waals surface area contributed by atoms with Gasteiger partial charge in [0.25, 0.3) is 0 Å². The van der Waals surface area contributed by atoms with Crippen molar-refractivity contribution in [1.29, 1.82) is 0 Å². The Morgan fingerprint density at radius 3 is 1.37 bits per heavy atom. The van der Waals surface area contributed by atoms with Crippen LogP contribution in [0, 0.1) is 0 Å². The van der Waals surface area contributed by atoms with Gasteiger partial charge in [0.15, 0.2) is 0 Å². The van der Waals surface area contributed by atoms with Crippen LogP contribution in [-0.4, -0.2) is 70.7 Å². The fraction of sp³-hybridized carbons (Fsp3) is 0.391. The van der Waals surface area contributed by atoms with E-state index in [1.807, 2.05) is 131 Å². The molecule has 2 amide bonds. The molecule has 398 valence electrons. The average molecular weight is 1020 g/mol. The van der Waals surface area contributed by atoms with E-state index in [1.54, 1.807) is 4.90 Å². The van der Waals surface area contributed by atoms with E-state index in [2.05, 4.69) is 113 Å². The minimum atomic E-state index is -0.528. The van der Waals surface area contributed by atoms with Crippen LogP contribution in [-0.2, 0) is 33.9 Å². The lowest BCUT2D eigenvalue weighted by molar-refractivity contribution is -0.123. The minimum Gasteiger partial charge on any atom is -0.444 e. The highest BCUT2D eigenvalue weighted by atomic mass is 16.6. The van der Waals surface area contributed by atoms with Crippen LogP contribution < -0.4 is 21.7 Å². The molecule has 9 rings (SSSR count). The number of benzene rings is 6. The second-order valence-electron chi connectivity index (χ2n) is 21.5. The molecular formula is C64H82N6O5. The number of ether oxygens (including phenoxy) is 2. The minimum absolute atomic E-state index is 0.0306. The number of hydrogen-bond donors (Lipinski definition) is 4. The van der Waals surface area contributed by atoms with Gasteiger partial charge < -0.3 is 41.0 Å². The van der Waals surface area contributed by atoms with Crippen molar-refractivity contribution in [3.63, 3.8) is 0 Å². The smallest absolute Gasteiger partial charge is 0.410 e. The number of likely N-dealkylation sites (tertiary alicyclic amines) is 2. The average Bonchev–Trinajstić information content (AvgIpc) is 3.43. The fourth-order valence-corrected chi connectivity index (χ4v) is 9.39.